The molecule has 0 aromatic heterocycles. The van der Waals surface area contributed by atoms with E-state index in [9.17, 15) is 4.39 Å². The van der Waals surface area contributed by atoms with Crippen molar-refractivity contribution in [2.24, 2.45) is 0 Å². The van der Waals surface area contributed by atoms with E-state index in [1.807, 2.05) is 36.4 Å². The van der Waals surface area contributed by atoms with Gasteiger partial charge >= 0.3 is 0 Å². The molecule has 146 valence electrons. The van der Waals surface area contributed by atoms with Crippen LogP contribution in [0.1, 0.15) is 11.1 Å². The first-order valence-corrected chi connectivity index (χ1v) is 9.93. The normalized spacial score (nSPS) is 10.6. The highest BCUT2D eigenvalue weighted by Gasteiger charge is 2.13. The number of nitrogens with one attached hydrogen (secondary N) is 1. The van der Waals surface area contributed by atoms with Gasteiger partial charge in [0.15, 0.2) is 11.5 Å². The molecule has 0 aliphatic carbocycles. The van der Waals surface area contributed by atoms with Crippen LogP contribution in [-0.2, 0) is 13.2 Å². The maximum atomic E-state index is 13.2. The summed E-state index contributed by atoms with van der Waals surface area (Å²) in [5.74, 6) is 0.530. The smallest absolute Gasteiger partial charge is 0.180 e. The molecule has 3 aromatic carbocycles. The molecule has 0 heterocycles. The van der Waals surface area contributed by atoms with Gasteiger partial charge in [0.05, 0.1) is 17.2 Å². The molecule has 0 atom stereocenters. The lowest BCUT2D eigenvalue weighted by Crippen LogP contribution is -2.03. The molecule has 0 unspecified atom stereocenters. The quantitative estimate of drug-likeness (QED) is 0.388. The van der Waals surface area contributed by atoms with Crippen LogP contribution in [0.5, 0.6) is 11.5 Å². The van der Waals surface area contributed by atoms with Gasteiger partial charge in [-0.05, 0) is 54.1 Å². The number of rotatable bonds is 7. The molecule has 0 bridgehead atoms. The van der Waals surface area contributed by atoms with Crippen LogP contribution >= 0.6 is 39.1 Å². The van der Waals surface area contributed by atoms with Crippen molar-refractivity contribution >= 4 is 44.8 Å². The molecule has 28 heavy (non-hydrogen) atoms. The predicted molar refractivity (Wildman–Crippen MR) is 115 cm³/mol. The van der Waals surface area contributed by atoms with E-state index < -0.39 is 5.82 Å². The summed E-state index contributed by atoms with van der Waals surface area (Å²) in [5, 5.41) is 4.05. The van der Waals surface area contributed by atoms with E-state index in [4.69, 9.17) is 32.7 Å². The number of ether oxygens (including phenoxy) is 2. The number of benzene rings is 3. The summed E-state index contributed by atoms with van der Waals surface area (Å²) in [4.78, 5) is 0. The van der Waals surface area contributed by atoms with E-state index in [-0.39, 0.29) is 6.61 Å². The Kier molecular flexibility index (Phi) is 7.05. The topological polar surface area (TPSA) is 30.5 Å². The Morgan fingerprint density at radius 3 is 2.43 bits per heavy atom. The third-order valence-electron chi connectivity index (χ3n) is 4.02. The average molecular weight is 485 g/mol. The number of hydrogen-bond donors (Lipinski definition) is 1. The van der Waals surface area contributed by atoms with E-state index in [0.29, 0.717) is 33.7 Å². The highest BCUT2D eigenvalue weighted by atomic mass is 79.9. The summed E-state index contributed by atoms with van der Waals surface area (Å²) >= 11 is 15.9. The maximum absolute atomic E-state index is 13.2. The molecule has 0 amide bonds. The minimum Gasteiger partial charge on any atom is -0.493 e. The van der Waals surface area contributed by atoms with Crippen LogP contribution in [0.3, 0.4) is 0 Å². The molecule has 0 aliphatic heterocycles. The second-order valence-corrected chi connectivity index (χ2v) is 7.72. The van der Waals surface area contributed by atoms with Crippen LogP contribution in [0.25, 0.3) is 0 Å². The molecule has 0 radical (unpaired) electrons. The van der Waals surface area contributed by atoms with Gasteiger partial charge in [0, 0.05) is 22.3 Å². The second-order valence-electron chi connectivity index (χ2n) is 5.99. The van der Waals surface area contributed by atoms with Gasteiger partial charge in [-0.1, -0.05) is 45.2 Å². The summed E-state index contributed by atoms with van der Waals surface area (Å²) in [6.45, 7) is 0.716. The van der Waals surface area contributed by atoms with E-state index in [0.717, 1.165) is 15.7 Å². The Balaban J connectivity index is 1.72. The van der Waals surface area contributed by atoms with Crippen molar-refractivity contribution in [2.45, 2.75) is 13.2 Å². The zero-order valence-corrected chi connectivity index (χ0v) is 18.0. The van der Waals surface area contributed by atoms with Crippen LogP contribution < -0.4 is 14.8 Å². The molecule has 0 saturated heterocycles. The Hall–Kier alpha value is -1.95. The van der Waals surface area contributed by atoms with E-state index >= 15 is 0 Å². The van der Waals surface area contributed by atoms with Gasteiger partial charge in [-0.15, -0.1) is 0 Å². The van der Waals surface area contributed by atoms with Crippen molar-refractivity contribution in [3.05, 3.63) is 86.1 Å². The second kappa shape index (κ2) is 9.50. The van der Waals surface area contributed by atoms with Crippen molar-refractivity contribution in [3.63, 3.8) is 0 Å². The molecule has 3 rings (SSSR count). The molecule has 3 nitrogen and oxygen atoms in total. The highest BCUT2D eigenvalue weighted by Crippen LogP contribution is 2.37. The fourth-order valence-corrected chi connectivity index (χ4v) is 3.35. The molecule has 0 spiro atoms. The minimum absolute atomic E-state index is 0.145. The van der Waals surface area contributed by atoms with E-state index in [1.54, 1.807) is 13.2 Å². The number of anilines is 1. The zero-order valence-electron chi connectivity index (χ0n) is 14.9. The van der Waals surface area contributed by atoms with Crippen LogP contribution in [-0.4, -0.2) is 7.11 Å². The summed E-state index contributed by atoms with van der Waals surface area (Å²) < 4.78 is 25.4. The van der Waals surface area contributed by atoms with Gasteiger partial charge in [0.2, 0.25) is 0 Å². The van der Waals surface area contributed by atoms with Gasteiger partial charge in [0.25, 0.3) is 0 Å². The molecule has 1 N–H and O–H groups in total. The molecular formula is C21H17BrCl2FNO2. The highest BCUT2D eigenvalue weighted by molar-refractivity contribution is 9.10. The zero-order chi connectivity index (χ0) is 20.1. The minimum atomic E-state index is -0.396. The Labute approximate surface area is 181 Å². The average Bonchev–Trinajstić information content (AvgIpc) is 2.67. The van der Waals surface area contributed by atoms with Gasteiger partial charge in [-0.3, -0.25) is 0 Å². The van der Waals surface area contributed by atoms with Crippen LogP contribution in [0, 0.1) is 5.82 Å². The SMILES string of the molecule is COc1cc(CNc2ccc(Br)cc2)cc(Cl)c1OCc1ccc(F)cc1Cl. The van der Waals surface area contributed by atoms with Crippen LogP contribution in [0.4, 0.5) is 10.1 Å². The van der Waals surface area contributed by atoms with Gasteiger partial charge in [-0.2, -0.15) is 0 Å². The first kappa shape index (κ1) is 20.8. The maximum Gasteiger partial charge on any atom is 0.180 e. The molecule has 0 saturated carbocycles. The van der Waals surface area contributed by atoms with Crippen molar-refractivity contribution in [1.82, 2.24) is 0 Å². The molecule has 3 aromatic rings. The first-order chi connectivity index (χ1) is 13.5. The fraction of sp³-hybridized carbons (Fsp3) is 0.143. The van der Waals surface area contributed by atoms with Gasteiger partial charge in [0.1, 0.15) is 12.4 Å². The molecule has 0 aliphatic rings. The van der Waals surface area contributed by atoms with Crippen molar-refractivity contribution in [2.75, 3.05) is 12.4 Å². The third-order valence-corrected chi connectivity index (χ3v) is 5.18. The summed E-state index contributed by atoms with van der Waals surface area (Å²) in [5.41, 5.74) is 2.59. The standard InChI is InChI=1S/C21H17BrCl2FNO2/c1-27-20-9-13(11-26-17-6-3-15(22)4-7-17)8-19(24)21(20)28-12-14-2-5-16(25)10-18(14)23/h2-10,26H,11-12H2,1H3. The Morgan fingerprint density at radius 1 is 1.00 bits per heavy atom. The lowest BCUT2D eigenvalue weighted by Gasteiger charge is -2.15. The van der Waals surface area contributed by atoms with Crippen LogP contribution in [0.15, 0.2) is 59.1 Å². The van der Waals surface area contributed by atoms with Gasteiger partial charge in [-0.25, -0.2) is 4.39 Å². The lowest BCUT2D eigenvalue weighted by atomic mass is 10.2. The monoisotopic (exact) mass is 483 g/mol. The summed E-state index contributed by atoms with van der Waals surface area (Å²) in [6.07, 6.45) is 0. The van der Waals surface area contributed by atoms with E-state index in [1.165, 1.54) is 12.1 Å². The summed E-state index contributed by atoms with van der Waals surface area (Å²) in [7, 11) is 1.55. The Morgan fingerprint density at radius 2 is 1.75 bits per heavy atom. The number of halogens is 4. The first-order valence-electron chi connectivity index (χ1n) is 8.39. The lowest BCUT2D eigenvalue weighted by molar-refractivity contribution is 0.284. The van der Waals surface area contributed by atoms with Crippen molar-refractivity contribution in [3.8, 4) is 11.5 Å². The third kappa shape index (κ3) is 5.31. The van der Waals surface area contributed by atoms with Crippen LogP contribution in [0.2, 0.25) is 10.0 Å². The molecule has 7 heteroatoms. The Bertz CT molecular complexity index is 967. The number of methoxy groups -OCH3 is 1. The summed E-state index contributed by atoms with van der Waals surface area (Å²) in [6, 6.07) is 15.7. The van der Waals surface area contributed by atoms with E-state index in [2.05, 4.69) is 21.2 Å². The van der Waals surface area contributed by atoms with Crippen molar-refractivity contribution < 1.29 is 13.9 Å². The molecule has 0 fully saturated rings. The molecular weight excluding hydrogens is 468 g/mol. The largest absolute Gasteiger partial charge is 0.493 e. The predicted octanol–water partition coefficient (Wildman–Crippen LogP) is 7.09. The fourth-order valence-electron chi connectivity index (χ4n) is 2.58. The number of hydrogen-bond acceptors (Lipinski definition) is 3. The van der Waals surface area contributed by atoms with Gasteiger partial charge < -0.3 is 14.8 Å². The van der Waals surface area contributed by atoms with Crippen molar-refractivity contribution in [1.29, 1.82) is 0 Å².